The van der Waals surface area contributed by atoms with Crippen LogP contribution in [-0.2, 0) is 19.1 Å². The number of amides is 1. The topological polar surface area (TPSA) is 77.1 Å². The van der Waals surface area contributed by atoms with Crippen LogP contribution in [0.2, 0.25) is 10.0 Å². The Kier molecular flexibility index (Phi) is 6.69. The molecule has 4 aromatic heterocycles. The number of aromatic nitrogens is 5. The third-order valence-corrected chi connectivity index (χ3v) is 7.41. The monoisotopic (exact) mass is 564 g/mol. The Morgan fingerprint density at radius 2 is 1.86 bits per heavy atom. The zero-order valence-electron chi connectivity index (χ0n) is 19.1. The molecule has 37 heavy (non-hydrogen) atoms. The van der Waals surface area contributed by atoms with E-state index in [0.29, 0.717) is 26.0 Å². The molecule has 0 aliphatic carbocycles. The van der Waals surface area contributed by atoms with Crippen LogP contribution in [0.1, 0.15) is 33.5 Å². The van der Waals surface area contributed by atoms with Crippen molar-refractivity contribution in [3.05, 3.63) is 86.6 Å². The Morgan fingerprint density at radius 1 is 1.05 bits per heavy atom. The molecule has 0 bridgehead atoms. The van der Waals surface area contributed by atoms with Crippen LogP contribution in [0.4, 0.5) is 19.0 Å². The van der Waals surface area contributed by atoms with Gasteiger partial charge in [0.1, 0.15) is 0 Å². The second-order valence-electron chi connectivity index (χ2n) is 8.04. The fourth-order valence-electron chi connectivity index (χ4n) is 3.64. The number of carbonyl (C=O) groups is 1. The summed E-state index contributed by atoms with van der Waals surface area (Å²) in [4.78, 5) is 18.8. The van der Waals surface area contributed by atoms with Gasteiger partial charge in [0.05, 0.1) is 27.2 Å². The molecule has 0 radical (unpaired) electrons. The minimum absolute atomic E-state index is 0.0911. The van der Waals surface area contributed by atoms with E-state index in [4.69, 9.17) is 23.2 Å². The van der Waals surface area contributed by atoms with Crippen molar-refractivity contribution in [2.45, 2.75) is 26.1 Å². The Bertz CT molecular complexity index is 1620. The predicted molar refractivity (Wildman–Crippen MR) is 136 cm³/mol. The number of rotatable bonds is 6. The summed E-state index contributed by atoms with van der Waals surface area (Å²) in [5, 5.41) is 11.6. The quantitative estimate of drug-likeness (QED) is 0.245. The number of nitrogens with one attached hydrogen (secondary N) is 1. The lowest BCUT2D eigenvalue weighted by molar-refractivity contribution is -0.142. The van der Waals surface area contributed by atoms with Crippen LogP contribution in [-0.4, -0.2) is 30.3 Å². The van der Waals surface area contributed by atoms with Gasteiger partial charge in [0.25, 0.3) is 5.91 Å². The molecule has 0 saturated heterocycles. The molecule has 0 aliphatic heterocycles. The van der Waals surface area contributed by atoms with Gasteiger partial charge in [-0.1, -0.05) is 36.2 Å². The molecule has 0 spiro atoms. The van der Waals surface area contributed by atoms with E-state index >= 15 is 0 Å². The van der Waals surface area contributed by atoms with E-state index in [1.165, 1.54) is 17.4 Å². The fraction of sp³-hybridized carbons (Fsp3) is 0.167. The lowest BCUT2D eigenvalue weighted by Gasteiger charge is -2.10. The van der Waals surface area contributed by atoms with Gasteiger partial charge in [-0.2, -0.15) is 23.4 Å². The summed E-state index contributed by atoms with van der Waals surface area (Å²) in [6.45, 7) is 2.33. The van der Waals surface area contributed by atoms with Gasteiger partial charge in [0.15, 0.2) is 22.9 Å². The Morgan fingerprint density at radius 3 is 2.57 bits per heavy atom. The van der Waals surface area contributed by atoms with Crippen molar-refractivity contribution in [1.82, 2.24) is 24.4 Å². The normalized spacial score (nSPS) is 11.8. The van der Waals surface area contributed by atoms with Crippen LogP contribution in [0.15, 0.2) is 54.7 Å². The Labute approximate surface area is 222 Å². The van der Waals surface area contributed by atoms with Gasteiger partial charge in [-0.15, -0.1) is 11.3 Å². The summed E-state index contributed by atoms with van der Waals surface area (Å²) < 4.78 is 43.8. The first-order valence-corrected chi connectivity index (χ1v) is 12.5. The lowest BCUT2D eigenvalue weighted by Crippen LogP contribution is -2.16. The highest BCUT2D eigenvalue weighted by molar-refractivity contribution is 7.15. The van der Waals surface area contributed by atoms with Gasteiger partial charge >= 0.3 is 6.18 Å². The van der Waals surface area contributed by atoms with Crippen LogP contribution < -0.4 is 5.32 Å². The number of aryl methyl sites for hydroxylation is 1. The number of hydrogen-bond acceptors (Lipinski definition) is 5. The van der Waals surface area contributed by atoms with E-state index in [1.807, 2.05) is 13.0 Å². The molecule has 0 atom stereocenters. The number of carbonyl (C=O) groups excluding carboxylic acids is 1. The summed E-state index contributed by atoms with van der Waals surface area (Å²) in [5.41, 5.74) is -0.336. The third kappa shape index (κ3) is 5.34. The molecule has 0 aliphatic rings. The number of alkyl halides is 3. The Hall–Kier alpha value is -3.41. The van der Waals surface area contributed by atoms with Gasteiger partial charge in [-0.05, 0) is 42.3 Å². The Balaban J connectivity index is 1.40. The molecule has 5 aromatic rings. The standard InChI is InChI=1S/C24H17Cl2F3N6OS/c1-2-14-4-6-19(37-14)17-10-20(24(27,28)29)35-22(30-17)11-18(32-35)23(36)31-21-7-8-34(33-21)12-13-3-5-15(25)16(26)9-13/h3-11H,2,12H2,1H3,(H,31,33,36). The number of fused-ring (bicyclic) bond motifs is 1. The maximum Gasteiger partial charge on any atom is 0.433 e. The van der Waals surface area contributed by atoms with Gasteiger partial charge in [0.2, 0.25) is 0 Å². The lowest BCUT2D eigenvalue weighted by atomic mass is 10.2. The number of thiophene rings is 1. The number of anilines is 1. The molecule has 5 rings (SSSR count). The van der Waals surface area contributed by atoms with Crippen molar-refractivity contribution in [3.63, 3.8) is 0 Å². The summed E-state index contributed by atoms with van der Waals surface area (Å²) in [5.74, 6) is -0.512. The van der Waals surface area contributed by atoms with Gasteiger partial charge in [0, 0.05) is 23.2 Å². The zero-order chi connectivity index (χ0) is 26.3. The first-order chi connectivity index (χ1) is 17.6. The van der Waals surface area contributed by atoms with Crippen LogP contribution >= 0.6 is 34.5 Å². The molecular weight excluding hydrogens is 548 g/mol. The summed E-state index contributed by atoms with van der Waals surface area (Å²) in [7, 11) is 0. The molecule has 7 nitrogen and oxygen atoms in total. The SMILES string of the molecule is CCc1ccc(-c2cc(C(F)(F)F)n3nc(C(=O)Nc4ccn(Cc5ccc(Cl)c(Cl)c5)n4)cc3n2)s1. The predicted octanol–water partition coefficient (Wildman–Crippen LogP) is 6.84. The van der Waals surface area contributed by atoms with E-state index in [0.717, 1.165) is 22.9 Å². The van der Waals surface area contributed by atoms with Crippen LogP contribution in [0.5, 0.6) is 0 Å². The maximum atomic E-state index is 13.9. The van der Waals surface area contributed by atoms with E-state index in [-0.39, 0.29) is 22.9 Å². The van der Waals surface area contributed by atoms with Gasteiger partial charge in [-0.25, -0.2) is 9.50 Å². The molecule has 4 heterocycles. The van der Waals surface area contributed by atoms with Gasteiger partial charge in [-0.3, -0.25) is 9.48 Å². The fourth-order valence-corrected chi connectivity index (χ4v) is 4.87. The maximum absolute atomic E-state index is 13.9. The summed E-state index contributed by atoms with van der Waals surface area (Å²) in [6.07, 6.45) is -2.30. The van der Waals surface area contributed by atoms with Crippen molar-refractivity contribution < 1.29 is 18.0 Å². The molecule has 0 saturated carbocycles. The van der Waals surface area contributed by atoms with E-state index in [1.54, 1.807) is 41.2 Å². The van der Waals surface area contributed by atoms with E-state index in [9.17, 15) is 18.0 Å². The van der Waals surface area contributed by atoms with Crippen molar-refractivity contribution in [3.8, 4) is 10.6 Å². The van der Waals surface area contributed by atoms with Crippen molar-refractivity contribution in [1.29, 1.82) is 0 Å². The molecule has 13 heteroatoms. The second-order valence-corrected chi connectivity index (χ2v) is 10.0. The van der Waals surface area contributed by atoms with Crippen LogP contribution in [0.25, 0.3) is 16.2 Å². The molecule has 0 unspecified atom stereocenters. The van der Waals surface area contributed by atoms with Crippen molar-refractivity contribution in [2.75, 3.05) is 5.32 Å². The molecule has 1 N–H and O–H groups in total. The average Bonchev–Trinajstić information content (AvgIpc) is 3.59. The van der Waals surface area contributed by atoms with E-state index < -0.39 is 17.8 Å². The first-order valence-electron chi connectivity index (χ1n) is 11.0. The van der Waals surface area contributed by atoms with Crippen LogP contribution in [0, 0.1) is 0 Å². The minimum Gasteiger partial charge on any atom is -0.304 e. The summed E-state index contributed by atoms with van der Waals surface area (Å²) >= 11 is 13.4. The molecule has 190 valence electrons. The smallest absolute Gasteiger partial charge is 0.304 e. The van der Waals surface area contributed by atoms with Crippen LogP contribution in [0.3, 0.4) is 0 Å². The molecule has 1 amide bonds. The zero-order valence-corrected chi connectivity index (χ0v) is 21.4. The second kappa shape index (κ2) is 9.81. The highest BCUT2D eigenvalue weighted by Gasteiger charge is 2.36. The highest BCUT2D eigenvalue weighted by Crippen LogP contribution is 2.34. The van der Waals surface area contributed by atoms with Gasteiger partial charge < -0.3 is 5.32 Å². The van der Waals surface area contributed by atoms with Crippen molar-refractivity contribution in [2.24, 2.45) is 0 Å². The van der Waals surface area contributed by atoms with E-state index in [2.05, 4.69) is 20.5 Å². The minimum atomic E-state index is -4.70. The highest BCUT2D eigenvalue weighted by atomic mass is 35.5. The number of benzene rings is 1. The summed E-state index contributed by atoms with van der Waals surface area (Å²) in [6, 6.07) is 12.5. The number of nitrogens with zero attached hydrogens (tertiary/aromatic N) is 5. The number of hydrogen-bond donors (Lipinski definition) is 1. The molecule has 1 aromatic carbocycles. The van der Waals surface area contributed by atoms with Crippen molar-refractivity contribution >= 4 is 51.9 Å². The average molecular weight is 565 g/mol. The largest absolute Gasteiger partial charge is 0.433 e. The molecular formula is C24H17Cl2F3N6OS. The molecule has 0 fully saturated rings. The first kappa shape index (κ1) is 25.2. The number of halogens is 5. The third-order valence-electron chi connectivity index (χ3n) is 5.42.